The van der Waals surface area contributed by atoms with E-state index in [0.29, 0.717) is 17.9 Å². The summed E-state index contributed by atoms with van der Waals surface area (Å²) in [7, 11) is 0. The third-order valence-electron chi connectivity index (χ3n) is 2.81. The molecule has 0 bridgehead atoms. The van der Waals surface area contributed by atoms with Crippen molar-refractivity contribution in [2.75, 3.05) is 11.9 Å². The lowest BCUT2D eigenvalue weighted by Crippen LogP contribution is -2.13. The van der Waals surface area contributed by atoms with Crippen molar-refractivity contribution >= 4 is 17.7 Å². The smallest absolute Gasteiger partial charge is 0.266 e. The first-order valence-electron chi connectivity index (χ1n) is 6.39. The molecule has 0 aliphatic rings. The fourth-order valence-corrected chi connectivity index (χ4v) is 1.75. The van der Waals surface area contributed by atoms with Crippen molar-refractivity contribution in [3.05, 3.63) is 59.6 Å². The molecule has 0 radical (unpaired) electrons. The largest absolute Gasteiger partial charge is 0.465 e. The lowest BCUT2D eigenvalue weighted by Gasteiger charge is -2.05. The molecule has 5 heteroatoms. The maximum Gasteiger partial charge on any atom is 0.266 e. The zero-order valence-corrected chi connectivity index (χ0v) is 11.2. The molecule has 106 valence electrons. The summed E-state index contributed by atoms with van der Waals surface area (Å²) in [5.74, 6) is -0.0520. The first-order chi connectivity index (χ1) is 10.2. The SMILES string of the molecule is N#C/C(=C\c1ccco1)C(=O)Nc1ccc(CCO)cc1. The van der Waals surface area contributed by atoms with Crippen molar-refractivity contribution in [3.63, 3.8) is 0 Å². The fraction of sp³-hybridized carbons (Fsp3) is 0.125. The summed E-state index contributed by atoms with van der Waals surface area (Å²) in [6.45, 7) is 0.0795. The Morgan fingerprint density at radius 3 is 2.67 bits per heavy atom. The lowest BCUT2D eigenvalue weighted by molar-refractivity contribution is -0.112. The Kier molecular flexibility index (Phi) is 4.91. The Hall–Kier alpha value is -2.84. The standard InChI is InChI=1S/C16H14N2O3/c17-11-13(10-15-2-1-9-21-15)16(20)18-14-5-3-12(4-6-14)7-8-19/h1-6,9-10,19H,7-8H2,(H,18,20)/b13-10+. The van der Waals surface area contributed by atoms with E-state index in [1.165, 1.54) is 12.3 Å². The van der Waals surface area contributed by atoms with Gasteiger partial charge in [0.05, 0.1) is 6.26 Å². The number of nitriles is 1. The van der Waals surface area contributed by atoms with Gasteiger partial charge in [-0.1, -0.05) is 12.1 Å². The van der Waals surface area contributed by atoms with Crippen LogP contribution < -0.4 is 5.32 Å². The van der Waals surface area contributed by atoms with Crippen LogP contribution in [0.3, 0.4) is 0 Å². The van der Waals surface area contributed by atoms with Crippen LogP contribution in [0.4, 0.5) is 5.69 Å². The van der Waals surface area contributed by atoms with Crippen molar-refractivity contribution in [1.29, 1.82) is 5.26 Å². The molecule has 1 aromatic carbocycles. The molecule has 1 heterocycles. The minimum Gasteiger partial charge on any atom is -0.465 e. The Bertz CT molecular complexity index is 665. The van der Waals surface area contributed by atoms with Gasteiger partial charge in [0.25, 0.3) is 5.91 Å². The van der Waals surface area contributed by atoms with Crippen LogP contribution in [0.15, 0.2) is 52.7 Å². The molecule has 21 heavy (non-hydrogen) atoms. The predicted octanol–water partition coefficient (Wildman–Crippen LogP) is 2.36. The van der Waals surface area contributed by atoms with E-state index in [9.17, 15) is 4.79 Å². The fourth-order valence-electron chi connectivity index (χ4n) is 1.75. The first kappa shape index (κ1) is 14.6. The molecule has 1 aromatic heterocycles. The molecule has 0 saturated carbocycles. The van der Waals surface area contributed by atoms with Gasteiger partial charge in [0.15, 0.2) is 0 Å². The summed E-state index contributed by atoms with van der Waals surface area (Å²) in [6.07, 6.45) is 3.42. The van der Waals surface area contributed by atoms with Gasteiger partial charge >= 0.3 is 0 Å². The molecule has 0 fully saturated rings. The lowest BCUT2D eigenvalue weighted by atomic mass is 10.1. The second kappa shape index (κ2) is 7.08. The Balaban J connectivity index is 2.07. The minimum absolute atomic E-state index is 0.0376. The number of nitrogens with one attached hydrogen (secondary N) is 1. The Labute approximate surface area is 122 Å². The topological polar surface area (TPSA) is 86.3 Å². The van der Waals surface area contributed by atoms with E-state index >= 15 is 0 Å². The van der Waals surface area contributed by atoms with Gasteiger partial charge in [-0.05, 0) is 36.2 Å². The van der Waals surface area contributed by atoms with Gasteiger partial charge < -0.3 is 14.8 Å². The maximum atomic E-state index is 12.0. The maximum absolute atomic E-state index is 12.0. The van der Waals surface area contributed by atoms with Crippen molar-refractivity contribution < 1.29 is 14.3 Å². The van der Waals surface area contributed by atoms with E-state index in [4.69, 9.17) is 14.8 Å². The summed E-state index contributed by atoms with van der Waals surface area (Å²) < 4.78 is 5.08. The number of hydrogen-bond acceptors (Lipinski definition) is 4. The van der Waals surface area contributed by atoms with Gasteiger partial charge in [0.1, 0.15) is 17.4 Å². The highest BCUT2D eigenvalue weighted by Gasteiger charge is 2.10. The molecule has 1 amide bonds. The molecule has 2 aromatic rings. The van der Waals surface area contributed by atoms with E-state index in [2.05, 4.69) is 5.32 Å². The summed E-state index contributed by atoms with van der Waals surface area (Å²) in [6, 6.07) is 12.3. The monoisotopic (exact) mass is 282 g/mol. The zero-order chi connectivity index (χ0) is 15.1. The quantitative estimate of drug-likeness (QED) is 0.651. The number of benzene rings is 1. The van der Waals surface area contributed by atoms with Gasteiger partial charge in [0.2, 0.25) is 0 Å². The highest BCUT2D eigenvalue weighted by Crippen LogP contribution is 2.13. The molecule has 0 spiro atoms. The van der Waals surface area contributed by atoms with Crippen LogP contribution in [0.25, 0.3) is 6.08 Å². The van der Waals surface area contributed by atoms with Crippen molar-refractivity contribution in [1.82, 2.24) is 0 Å². The molecule has 2 rings (SSSR count). The molecule has 0 unspecified atom stereocenters. The molecule has 0 aliphatic carbocycles. The predicted molar refractivity (Wildman–Crippen MR) is 78.2 cm³/mol. The number of furan rings is 1. The van der Waals surface area contributed by atoms with E-state index < -0.39 is 5.91 Å². The number of hydrogen-bond donors (Lipinski definition) is 2. The van der Waals surface area contributed by atoms with E-state index in [1.807, 2.05) is 18.2 Å². The normalized spacial score (nSPS) is 11.0. The number of carbonyl (C=O) groups is 1. The van der Waals surface area contributed by atoms with Crippen LogP contribution in [-0.4, -0.2) is 17.6 Å². The molecule has 2 N–H and O–H groups in total. The zero-order valence-electron chi connectivity index (χ0n) is 11.2. The van der Waals surface area contributed by atoms with Crippen LogP contribution in [-0.2, 0) is 11.2 Å². The molecular weight excluding hydrogens is 268 g/mol. The van der Waals surface area contributed by atoms with Crippen molar-refractivity contribution in [3.8, 4) is 6.07 Å². The third-order valence-corrected chi connectivity index (χ3v) is 2.81. The van der Waals surface area contributed by atoms with E-state index in [0.717, 1.165) is 5.56 Å². The van der Waals surface area contributed by atoms with Gasteiger partial charge in [-0.2, -0.15) is 5.26 Å². The van der Waals surface area contributed by atoms with Gasteiger partial charge in [-0.3, -0.25) is 4.79 Å². The molecule has 5 nitrogen and oxygen atoms in total. The summed E-state index contributed by atoms with van der Waals surface area (Å²) >= 11 is 0. The summed E-state index contributed by atoms with van der Waals surface area (Å²) in [4.78, 5) is 12.0. The minimum atomic E-state index is -0.496. The number of aliphatic hydroxyl groups excluding tert-OH is 1. The third kappa shape index (κ3) is 4.06. The first-order valence-corrected chi connectivity index (χ1v) is 6.39. The van der Waals surface area contributed by atoms with Crippen LogP contribution in [0.1, 0.15) is 11.3 Å². The molecular formula is C16H14N2O3. The summed E-state index contributed by atoms with van der Waals surface area (Å²) in [5.41, 5.74) is 1.52. The van der Waals surface area contributed by atoms with Gasteiger partial charge in [0, 0.05) is 18.4 Å². The average Bonchev–Trinajstić information content (AvgIpc) is 3.00. The molecule has 0 atom stereocenters. The Morgan fingerprint density at radius 2 is 2.10 bits per heavy atom. The van der Waals surface area contributed by atoms with E-state index in [-0.39, 0.29) is 12.2 Å². The van der Waals surface area contributed by atoms with Crippen LogP contribution in [0.2, 0.25) is 0 Å². The number of carbonyl (C=O) groups excluding carboxylic acids is 1. The van der Waals surface area contributed by atoms with E-state index in [1.54, 1.807) is 24.3 Å². The highest BCUT2D eigenvalue weighted by molar-refractivity contribution is 6.09. The van der Waals surface area contributed by atoms with Gasteiger partial charge in [-0.25, -0.2) is 0 Å². The Morgan fingerprint density at radius 1 is 1.33 bits per heavy atom. The van der Waals surface area contributed by atoms with Gasteiger partial charge in [-0.15, -0.1) is 0 Å². The number of nitrogens with zero attached hydrogens (tertiary/aromatic N) is 1. The number of amides is 1. The average molecular weight is 282 g/mol. The van der Waals surface area contributed by atoms with Crippen molar-refractivity contribution in [2.45, 2.75) is 6.42 Å². The summed E-state index contributed by atoms with van der Waals surface area (Å²) in [5, 5.41) is 20.5. The highest BCUT2D eigenvalue weighted by atomic mass is 16.3. The number of rotatable bonds is 5. The van der Waals surface area contributed by atoms with Crippen LogP contribution in [0, 0.1) is 11.3 Å². The molecule has 0 saturated heterocycles. The second-order valence-electron chi connectivity index (χ2n) is 4.31. The number of aliphatic hydroxyl groups is 1. The number of anilines is 1. The van der Waals surface area contributed by atoms with Crippen molar-refractivity contribution in [2.24, 2.45) is 0 Å². The second-order valence-corrected chi connectivity index (χ2v) is 4.31. The molecule has 0 aliphatic heterocycles. The van der Waals surface area contributed by atoms with Crippen LogP contribution in [0.5, 0.6) is 0 Å². The van der Waals surface area contributed by atoms with Crippen LogP contribution >= 0.6 is 0 Å².